The number of aromatic nitrogens is 2. The molecule has 9 heteroatoms. The lowest BCUT2D eigenvalue weighted by atomic mass is 10.1. The number of ether oxygens (including phenoxy) is 1. The van der Waals surface area contributed by atoms with E-state index in [1.165, 1.54) is 30.3 Å². The number of nitrogens with one attached hydrogen (secondary N) is 1. The second-order valence-electron chi connectivity index (χ2n) is 6.57. The number of hydrogen-bond donors (Lipinski definition) is 1. The summed E-state index contributed by atoms with van der Waals surface area (Å²) in [6.07, 6.45) is -4.44. The minimum Gasteiger partial charge on any atom is -0.467 e. The van der Waals surface area contributed by atoms with Gasteiger partial charge in [0, 0.05) is 17.3 Å². The van der Waals surface area contributed by atoms with Crippen molar-refractivity contribution >= 4 is 11.6 Å². The van der Waals surface area contributed by atoms with Crippen molar-refractivity contribution < 1.29 is 27.1 Å². The number of amides is 1. The van der Waals surface area contributed by atoms with Gasteiger partial charge in [0.05, 0.1) is 11.3 Å². The molecule has 1 N–H and O–H groups in total. The minimum absolute atomic E-state index is 0.0264. The van der Waals surface area contributed by atoms with Crippen LogP contribution in [0.2, 0.25) is 0 Å². The summed E-state index contributed by atoms with van der Waals surface area (Å²) in [5, 5.41) is 2.40. The van der Waals surface area contributed by atoms with E-state index < -0.39 is 30.1 Å². The van der Waals surface area contributed by atoms with Crippen LogP contribution in [0.15, 0.2) is 48.5 Å². The van der Waals surface area contributed by atoms with E-state index in [0.717, 1.165) is 12.1 Å². The zero-order valence-electron chi connectivity index (χ0n) is 16.0. The van der Waals surface area contributed by atoms with Crippen LogP contribution in [0.3, 0.4) is 0 Å². The Morgan fingerprint density at radius 1 is 1.03 bits per heavy atom. The average molecular weight is 419 g/mol. The highest BCUT2D eigenvalue weighted by molar-refractivity contribution is 5.92. The molecule has 3 rings (SSSR count). The monoisotopic (exact) mass is 419 g/mol. The third-order valence-electron chi connectivity index (χ3n) is 4.05. The molecule has 0 unspecified atom stereocenters. The Morgan fingerprint density at radius 3 is 2.37 bits per heavy atom. The van der Waals surface area contributed by atoms with Gasteiger partial charge in [-0.2, -0.15) is 18.2 Å². The number of anilines is 1. The molecule has 0 bridgehead atoms. The Labute approximate surface area is 169 Å². The standard InChI is InChI=1S/C21H17F4N3O2/c1-12-3-8-17(16(22)9-12)27-18(29)11-30-19-10-13(2)26-20(28-19)14-4-6-15(7-5-14)21(23,24)25/h3-10H,11H2,1-2H3,(H,27,29). The van der Waals surface area contributed by atoms with Gasteiger partial charge in [-0.1, -0.05) is 18.2 Å². The number of alkyl halides is 3. The van der Waals surface area contributed by atoms with E-state index in [0.29, 0.717) is 16.8 Å². The van der Waals surface area contributed by atoms with Gasteiger partial charge < -0.3 is 10.1 Å². The van der Waals surface area contributed by atoms with E-state index in [4.69, 9.17) is 4.74 Å². The number of halogens is 4. The summed E-state index contributed by atoms with van der Waals surface area (Å²) in [6.45, 7) is 2.95. The molecule has 0 aliphatic rings. The molecule has 5 nitrogen and oxygen atoms in total. The lowest BCUT2D eigenvalue weighted by Crippen LogP contribution is -2.21. The van der Waals surface area contributed by atoms with Crippen LogP contribution in [-0.4, -0.2) is 22.5 Å². The van der Waals surface area contributed by atoms with Crippen LogP contribution in [0.4, 0.5) is 23.2 Å². The molecule has 0 radical (unpaired) electrons. The van der Waals surface area contributed by atoms with Crippen LogP contribution >= 0.6 is 0 Å². The van der Waals surface area contributed by atoms with Crippen molar-refractivity contribution in [1.82, 2.24) is 9.97 Å². The van der Waals surface area contributed by atoms with Crippen LogP contribution in [-0.2, 0) is 11.0 Å². The van der Waals surface area contributed by atoms with Crippen molar-refractivity contribution in [1.29, 1.82) is 0 Å². The SMILES string of the molecule is Cc1ccc(NC(=O)COc2cc(C)nc(-c3ccc(C(F)(F)F)cc3)n2)c(F)c1. The third-order valence-corrected chi connectivity index (χ3v) is 4.05. The summed E-state index contributed by atoms with van der Waals surface area (Å²) in [7, 11) is 0. The number of carbonyl (C=O) groups excluding carboxylic acids is 1. The predicted molar refractivity (Wildman–Crippen MR) is 102 cm³/mol. The van der Waals surface area contributed by atoms with E-state index in [-0.39, 0.29) is 17.4 Å². The highest BCUT2D eigenvalue weighted by Gasteiger charge is 2.30. The van der Waals surface area contributed by atoms with E-state index in [2.05, 4.69) is 15.3 Å². The van der Waals surface area contributed by atoms with Gasteiger partial charge in [0.2, 0.25) is 5.88 Å². The van der Waals surface area contributed by atoms with Crippen molar-refractivity contribution in [3.8, 4) is 17.3 Å². The topological polar surface area (TPSA) is 64.1 Å². The van der Waals surface area contributed by atoms with Crippen molar-refractivity contribution in [2.24, 2.45) is 0 Å². The second-order valence-corrected chi connectivity index (χ2v) is 6.57. The fourth-order valence-corrected chi connectivity index (χ4v) is 2.60. The molecule has 1 aromatic heterocycles. The first kappa shape index (κ1) is 21.2. The Kier molecular flexibility index (Phi) is 6.00. The normalized spacial score (nSPS) is 11.3. The molecule has 3 aromatic rings. The van der Waals surface area contributed by atoms with Crippen molar-refractivity contribution in [2.45, 2.75) is 20.0 Å². The molecule has 1 amide bonds. The van der Waals surface area contributed by atoms with E-state index in [1.54, 1.807) is 19.9 Å². The van der Waals surface area contributed by atoms with Crippen molar-refractivity contribution in [2.75, 3.05) is 11.9 Å². The van der Waals surface area contributed by atoms with Crippen LogP contribution in [0, 0.1) is 19.7 Å². The van der Waals surface area contributed by atoms with Gasteiger partial charge in [0.25, 0.3) is 5.91 Å². The summed E-state index contributed by atoms with van der Waals surface area (Å²) in [5.41, 5.74) is 0.825. The molecular formula is C21H17F4N3O2. The van der Waals surface area contributed by atoms with Crippen LogP contribution in [0.1, 0.15) is 16.8 Å². The largest absolute Gasteiger partial charge is 0.467 e. The van der Waals surface area contributed by atoms with Gasteiger partial charge >= 0.3 is 6.18 Å². The Balaban J connectivity index is 1.70. The van der Waals surface area contributed by atoms with E-state index in [9.17, 15) is 22.4 Å². The van der Waals surface area contributed by atoms with E-state index >= 15 is 0 Å². The number of benzene rings is 2. The lowest BCUT2D eigenvalue weighted by Gasteiger charge is -2.10. The lowest BCUT2D eigenvalue weighted by molar-refractivity contribution is -0.137. The Morgan fingerprint density at radius 2 is 1.73 bits per heavy atom. The summed E-state index contributed by atoms with van der Waals surface area (Å²) in [4.78, 5) is 20.4. The summed E-state index contributed by atoms with van der Waals surface area (Å²) in [5.74, 6) is -0.934. The van der Waals surface area contributed by atoms with Gasteiger partial charge in [-0.15, -0.1) is 0 Å². The predicted octanol–water partition coefficient (Wildman–Crippen LogP) is 4.94. The first-order valence-electron chi connectivity index (χ1n) is 8.84. The number of hydrogen-bond acceptors (Lipinski definition) is 4. The van der Waals surface area contributed by atoms with Gasteiger partial charge in [0.1, 0.15) is 5.82 Å². The van der Waals surface area contributed by atoms with E-state index in [1.807, 2.05) is 0 Å². The van der Waals surface area contributed by atoms with Gasteiger partial charge in [-0.3, -0.25) is 4.79 Å². The van der Waals surface area contributed by atoms with Crippen molar-refractivity contribution in [3.05, 3.63) is 71.2 Å². The molecule has 2 aromatic carbocycles. The molecule has 0 fully saturated rings. The van der Waals surface area contributed by atoms with Gasteiger partial charge in [-0.25, -0.2) is 9.37 Å². The Bertz CT molecular complexity index is 1070. The fraction of sp³-hybridized carbons (Fsp3) is 0.190. The third kappa shape index (κ3) is 5.31. The maximum Gasteiger partial charge on any atom is 0.416 e. The highest BCUT2D eigenvalue weighted by Crippen LogP contribution is 2.30. The molecule has 0 saturated heterocycles. The first-order valence-corrected chi connectivity index (χ1v) is 8.84. The summed E-state index contributed by atoms with van der Waals surface area (Å²) >= 11 is 0. The molecular weight excluding hydrogens is 402 g/mol. The maximum absolute atomic E-state index is 13.8. The zero-order valence-corrected chi connectivity index (χ0v) is 16.0. The minimum atomic E-state index is -4.44. The Hall–Kier alpha value is -3.49. The molecule has 0 spiro atoms. The molecule has 0 saturated carbocycles. The second kappa shape index (κ2) is 8.48. The van der Waals surface area contributed by atoms with Crippen LogP contribution < -0.4 is 10.1 Å². The van der Waals surface area contributed by atoms with Gasteiger partial charge in [-0.05, 0) is 43.7 Å². The number of aryl methyl sites for hydroxylation is 2. The molecule has 0 aliphatic carbocycles. The fourth-order valence-electron chi connectivity index (χ4n) is 2.60. The molecule has 30 heavy (non-hydrogen) atoms. The van der Waals surface area contributed by atoms with Crippen LogP contribution in [0.25, 0.3) is 11.4 Å². The first-order chi connectivity index (χ1) is 14.1. The average Bonchev–Trinajstić information content (AvgIpc) is 2.68. The molecule has 156 valence electrons. The maximum atomic E-state index is 13.8. The molecule has 1 heterocycles. The number of carbonyl (C=O) groups is 1. The van der Waals surface area contributed by atoms with Crippen LogP contribution in [0.5, 0.6) is 5.88 Å². The zero-order chi connectivity index (χ0) is 21.9. The summed E-state index contributed by atoms with van der Waals surface area (Å²) in [6, 6.07) is 10.3. The molecule has 0 atom stereocenters. The smallest absolute Gasteiger partial charge is 0.416 e. The highest BCUT2D eigenvalue weighted by atomic mass is 19.4. The molecule has 0 aliphatic heterocycles. The summed E-state index contributed by atoms with van der Waals surface area (Å²) < 4.78 is 57.3. The number of rotatable bonds is 5. The van der Waals surface area contributed by atoms with Crippen molar-refractivity contribution in [3.63, 3.8) is 0 Å². The van der Waals surface area contributed by atoms with Gasteiger partial charge in [0.15, 0.2) is 12.4 Å². The quantitative estimate of drug-likeness (QED) is 0.596. The number of nitrogens with zero attached hydrogens (tertiary/aromatic N) is 2.